The summed E-state index contributed by atoms with van der Waals surface area (Å²) in [5.74, 6) is -1.99. The molecule has 27 nitrogen and oxygen atoms in total. The van der Waals surface area contributed by atoms with E-state index in [0.717, 1.165) is 122 Å². The quantitative estimate of drug-likeness (QED) is 0.0206. The molecule has 8 heterocycles. The summed E-state index contributed by atoms with van der Waals surface area (Å²) >= 11 is 5.33. The number of carboxylic acids is 1. The average Bonchev–Trinajstić information content (AvgIpc) is 0.771. The van der Waals surface area contributed by atoms with Crippen LogP contribution in [0, 0.1) is 0 Å². The van der Waals surface area contributed by atoms with Crippen molar-refractivity contribution >= 4 is 126 Å². The molecule has 1 N–H and O–H groups in total. The van der Waals surface area contributed by atoms with Crippen molar-refractivity contribution in [2.45, 2.75) is 184 Å². The summed E-state index contributed by atoms with van der Waals surface area (Å²) in [6, 6.07) is 67.5. The molecule has 4 aromatic heterocycles. The topological polar surface area (TPSA) is 333 Å². The van der Waals surface area contributed by atoms with Crippen molar-refractivity contribution in [2.75, 3.05) is 86.4 Å². The molecule has 4 aliphatic rings. The Morgan fingerprint density at radius 3 is 0.759 bits per heavy atom. The number of carbonyl (C=O) groups excluding carboxylic acids is 7. The van der Waals surface area contributed by atoms with E-state index in [0.29, 0.717) is 120 Å². The first-order chi connectivity index (χ1) is 64.2. The van der Waals surface area contributed by atoms with Crippen LogP contribution in [-0.2, 0) is 66.8 Å². The van der Waals surface area contributed by atoms with E-state index in [1.807, 2.05) is 170 Å². The summed E-state index contributed by atoms with van der Waals surface area (Å²) in [6.45, 7) is 11.1. The molecule has 4 aliphatic heterocycles. The molecule has 0 radical (unpaired) electrons. The minimum absolute atomic E-state index is 0. The van der Waals surface area contributed by atoms with Crippen LogP contribution in [0.2, 0.25) is 0 Å². The van der Waals surface area contributed by atoms with Gasteiger partial charge in [-0.15, -0.1) is 0 Å². The molecule has 12 aromatic rings. The van der Waals surface area contributed by atoms with Crippen molar-refractivity contribution in [1.29, 1.82) is 0 Å². The molecule has 0 saturated carbocycles. The number of esters is 6. The second-order valence-electron chi connectivity index (χ2n) is 35.1. The standard InChI is InChI=1S/C29H34NO6.C26H28NO6.C25H25ClNO5.C25H25NO6.4CH4/c1-29(2,3)36-27(33)16-15-26(32)34-20-30(17-8-5-9-18-30)25-19-24(31)23-14-10-13-22(28(23)35-25)21-11-6-4-7-12-21;1-31-24(29)13-14-25(30)32-18-27(15-6-3-7-16-27)23-17-22(28)21-12-8-11-20(26(21)33-23)19-9-4-2-5-10-19;26-22(29)12-13-24(30)31-17-27(14-5-2-6-15-27)23-16-21(28)20-11-7-10-19(25(20)32-23)18-8-3-1-4-9-18;27-21-16-22(26(14-5-2-6-15-26)17-31-24(30)13-12-23(28)29)32-25-19(10-7-11-20(21)25)18-8-3-1-4-9-18;;;;/h4,6-7,10-14,19H,5,8-9,15-18,20H2,1-3H3;2,4-5,8-12,17H,3,6-7,13-16,18H2,1H3;2*1,3-4,7-11,16H,2,5-6,12-15,17H2;4*1H4/q3*+1;;;;;/p+1. The van der Waals surface area contributed by atoms with Crippen LogP contribution in [0.5, 0.6) is 0 Å². The largest absolute Gasteiger partial charge is 0.481 e. The normalized spacial score (nSPS) is 14.9. The molecule has 0 bridgehead atoms. The maximum absolute atomic E-state index is 13.2. The number of carboxylic acid groups (broad SMARTS) is 1. The van der Waals surface area contributed by atoms with Crippen molar-refractivity contribution < 1.29 is 89.6 Å². The summed E-state index contributed by atoms with van der Waals surface area (Å²) in [5.41, 5.74) is 8.19. The number of ether oxygens (including phenoxy) is 6. The molecule has 28 heteroatoms. The van der Waals surface area contributed by atoms with Gasteiger partial charge in [-0.05, 0) is 156 Å². The lowest BCUT2D eigenvalue weighted by molar-refractivity contribution is -0.159. The summed E-state index contributed by atoms with van der Waals surface area (Å²) in [7, 11) is 1.28. The van der Waals surface area contributed by atoms with Crippen molar-refractivity contribution in [3.8, 4) is 44.5 Å². The Labute approximate surface area is 803 Å². The Balaban J connectivity index is 0.000000203. The van der Waals surface area contributed by atoms with E-state index in [2.05, 4.69) is 4.74 Å². The zero-order chi connectivity index (χ0) is 94.1. The van der Waals surface area contributed by atoms with Crippen LogP contribution in [0.1, 0.15) is 179 Å². The summed E-state index contributed by atoms with van der Waals surface area (Å²) in [6.07, 6.45) is 10.9. The fraction of sp³-hybridized carbons (Fsp3) is 0.376. The number of nitrogens with zero attached hydrogens (tertiary/aromatic N) is 4. The Hall–Kier alpha value is -13.3. The van der Waals surface area contributed by atoms with E-state index in [4.69, 9.17) is 58.1 Å². The van der Waals surface area contributed by atoms with Crippen LogP contribution in [0.3, 0.4) is 0 Å². The number of hydrogen-bond acceptors (Lipinski definition) is 22. The number of aliphatic carboxylic acids is 1. The molecule has 4 fully saturated rings. The Bertz CT molecular complexity index is 6190. The van der Waals surface area contributed by atoms with Crippen molar-refractivity contribution in [2.24, 2.45) is 0 Å². The van der Waals surface area contributed by atoms with E-state index < -0.39 is 52.6 Å². The molecule has 0 amide bonds. The zero-order valence-corrected chi connectivity index (χ0v) is 76.3. The lowest BCUT2D eigenvalue weighted by Gasteiger charge is -2.38. The van der Waals surface area contributed by atoms with Gasteiger partial charge in [-0.1, -0.05) is 200 Å². The molecular weight excluding hydrogens is 1770 g/mol. The van der Waals surface area contributed by atoms with E-state index in [1.165, 1.54) is 31.4 Å². The summed E-state index contributed by atoms with van der Waals surface area (Å²) in [4.78, 5) is 146. The third-order valence-electron chi connectivity index (χ3n) is 24.5. The average molecular weight is 1900 g/mol. The van der Waals surface area contributed by atoms with Crippen LogP contribution < -0.4 is 39.6 Å². The van der Waals surface area contributed by atoms with E-state index in [1.54, 1.807) is 45.0 Å². The molecule has 137 heavy (non-hydrogen) atoms. The van der Waals surface area contributed by atoms with Crippen molar-refractivity contribution in [3.63, 3.8) is 0 Å². The van der Waals surface area contributed by atoms with E-state index in [-0.39, 0.29) is 148 Å². The van der Waals surface area contributed by atoms with Gasteiger partial charge >= 0.3 is 65.3 Å². The SMILES string of the molecule is C.C.C.C.CC(C)(C)OC(=O)CCC(=O)OC[N+]1(c2cc(=O)c3cccc(-c4ccccc4)c3o2)CCCCC1.COC(=O)CCC(=O)OC[N+]1(c2cc(=O)c3cccc(-c4ccccc4)c3o2)CCCCC1.O=C(Cl)CCC(=O)OC[N+]1(c2cc(=O)c3cccc(-c4ccccc4)c3o2)CCCCC1.O=C(O)CCC(=O)OC[N+]1(c2cc(=O)c3cccc(-c4ccccc4)c3o2)CCCCC1. The fourth-order valence-corrected chi connectivity index (χ4v) is 17.6. The number of carbonyl (C=O) groups is 8. The number of quaternary nitrogens is 4. The van der Waals surface area contributed by atoms with Crippen molar-refractivity contribution in [3.05, 3.63) is 259 Å². The molecule has 0 spiro atoms. The lowest BCUT2D eigenvalue weighted by Crippen LogP contribution is -2.54. The van der Waals surface area contributed by atoms with E-state index >= 15 is 0 Å². The predicted molar refractivity (Wildman–Crippen MR) is 537 cm³/mol. The summed E-state index contributed by atoms with van der Waals surface area (Å²) < 4.78 is 58.7. The number of hydrogen-bond donors (Lipinski definition) is 1. The molecule has 0 aliphatic carbocycles. The minimum atomic E-state index is -1.04. The first-order valence-electron chi connectivity index (χ1n) is 45.4. The smallest absolute Gasteiger partial charge is 0.310 e. The highest BCUT2D eigenvalue weighted by molar-refractivity contribution is 6.63. The highest BCUT2D eigenvalue weighted by atomic mass is 35.5. The predicted octanol–water partition coefficient (Wildman–Crippen LogP) is 21.8. The van der Waals surface area contributed by atoms with Crippen LogP contribution >= 0.6 is 11.6 Å². The third-order valence-corrected chi connectivity index (χ3v) is 24.7. The van der Waals surface area contributed by atoms with E-state index in [9.17, 15) is 57.5 Å². The Kier molecular flexibility index (Phi) is 39.2. The number of halogens is 1. The van der Waals surface area contributed by atoms with Gasteiger partial charge in [0.2, 0.25) is 32.2 Å². The van der Waals surface area contributed by atoms with Crippen LogP contribution in [0.25, 0.3) is 88.4 Å². The Morgan fingerprint density at radius 2 is 0.533 bits per heavy atom. The van der Waals surface area contributed by atoms with Gasteiger partial charge in [-0.25, -0.2) is 17.9 Å². The molecular formula is C109H129ClN4O23+4. The first kappa shape index (κ1) is 107. The molecule has 4 saturated heterocycles. The van der Waals surface area contributed by atoms with Gasteiger partial charge in [-0.3, -0.25) is 57.5 Å². The van der Waals surface area contributed by atoms with Gasteiger partial charge in [0.15, 0.2) is 44.0 Å². The third kappa shape index (κ3) is 27.8. The molecule has 0 unspecified atom stereocenters. The van der Waals surface area contributed by atoms with Gasteiger partial charge in [-0.2, -0.15) is 0 Å². The first-order valence-corrected chi connectivity index (χ1v) is 45.8. The van der Waals surface area contributed by atoms with Crippen LogP contribution in [-0.4, -0.2) is 144 Å². The minimum Gasteiger partial charge on any atom is -0.481 e. The number of benzene rings is 8. The fourth-order valence-electron chi connectivity index (χ4n) is 17.5. The second kappa shape index (κ2) is 50.0. The molecule has 726 valence electrons. The van der Waals surface area contributed by atoms with Gasteiger partial charge in [0, 0.05) is 28.7 Å². The maximum atomic E-state index is 13.2. The zero-order valence-electron chi connectivity index (χ0n) is 75.5. The van der Waals surface area contributed by atoms with Crippen molar-refractivity contribution in [1.82, 2.24) is 17.9 Å². The number of fused-ring (bicyclic) bond motifs is 4. The van der Waals surface area contributed by atoms with Crippen LogP contribution in [0.4, 0.5) is 23.5 Å². The highest BCUT2D eigenvalue weighted by Gasteiger charge is 2.43. The number of piperidine rings is 4. The molecule has 16 rings (SSSR count). The van der Waals surface area contributed by atoms with Gasteiger partial charge in [0.25, 0.3) is 0 Å². The monoisotopic (exact) mass is 1900 g/mol. The number of para-hydroxylation sites is 4. The Morgan fingerprint density at radius 1 is 0.307 bits per heavy atom. The van der Waals surface area contributed by atoms with Gasteiger partial charge < -0.3 is 51.2 Å². The van der Waals surface area contributed by atoms with Gasteiger partial charge in [0.05, 0.1) is 150 Å². The van der Waals surface area contributed by atoms with Crippen LogP contribution in [0.15, 0.2) is 255 Å². The highest BCUT2D eigenvalue weighted by Crippen LogP contribution is 2.41. The number of rotatable bonds is 28. The lowest BCUT2D eigenvalue weighted by atomic mass is 10.0. The molecule has 0 atom stereocenters. The number of likely N-dealkylation sites (tertiary alicyclic amines) is 4. The number of methoxy groups -OCH3 is 1. The molecule has 8 aromatic carbocycles. The summed E-state index contributed by atoms with van der Waals surface area (Å²) in [5, 5.41) is 10.3. The maximum Gasteiger partial charge on any atom is 0.310 e. The second-order valence-corrected chi connectivity index (χ2v) is 35.5. The van der Waals surface area contributed by atoms with Gasteiger partial charge in [0.1, 0.15) is 5.60 Å².